The van der Waals surface area contributed by atoms with Crippen LogP contribution in [0.4, 0.5) is 44.7 Å². The number of aliphatic hydroxyl groups excluding tert-OH is 1. The molecule has 0 radical (unpaired) electrons. The SMILES string of the molecule is O=C1C(O)=C([n+]2ccc(-c3cc4ccc(-c5ccc(N(c6ccccc6)c6ccccc6)cc5)cc4s3)cc2)C(=O)N1c1c(F)c(F)c(F)c(F)c1F. The molecule has 0 aliphatic carbocycles. The van der Waals surface area contributed by atoms with E-state index in [0.29, 0.717) is 5.56 Å². The number of rotatable bonds is 7. The Morgan fingerprint density at radius 3 is 1.68 bits per heavy atom. The zero-order valence-electron chi connectivity index (χ0n) is 27.1. The zero-order valence-corrected chi connectivity index (χ0v) is 27.9. The molecular weight excluding hydrogens is 710 g/mol. The van der Waals surface area contributed by atoms with Gasteiger partial charge in [-0.15, -0.1) is 11.3 Å². The smallest absolute Gasteiger partial charge is 0.335 e. The predicted octanol–water partition coefficient (Wildman–Crippen LogP) is 9.99. The number of pyridine rings is 1. The summed E-state index contributed by atoms with van der Waals surface area (Å²) in [6.07, 6.45) is 2.67. The van der Waals surface area contributed by atoms with E-state index in [9.17, 15) is 36.6 Å². The first-order chi connectivity index (χ1) is 25.6. The van der Waals surface area contributed by atoms with Crippen LogP contribution in [0.2, 0.25) is 0 Å². The van der Waals surface area contributed by atoms with Crippen LogP contribution in [0.15, 0.2) is 139 Å². The second-order valence-corrected chi connectivity index (χ2v) is 13.1. The molecule has 8 rings (SSSR count). The molecule has 12 heteroatoms. The number of halogens is 5. The number of carbonyl (C=O) groups excluding carboxylic acids is 2. The summed E-state index contributed by atoms with van der Waals surface area (Å²) in [5, 5.41) is 11.5. The number of benzene rings is 5. The molecule has 2 amide bonds. The molecule has 7 aromatic rings. The summed E-state index contributed by atoms with van der Waals surface area (Å²) >= 11 is 1.51. The lowest BCUT2D eigenvalue weighted by Gasteiger charge is -2.25. The number of carbonyl (C=O) groups is 2. The van der Waals surface area contributed by atoms with E-state index >= 15 is 0 Å². The van der Waals surface area contributed by atoms with Crippen LogP contribution in [0, 0.1) is 29.1 Å². The third kappa shape index (κ3) is 5.69. The molecule has 0 atom stereocenters. The van der Waals surface area contributed by atoms with Crippen molar-refractivity contribution < 1.29 is 41.2 Å². The number of anilines is 4. The maximum Gasteiger partial charge on any atom is 0.335 e. The number of aromatic nitrogens is 1. The number of fused-ring (bicyclic) bond motifs is 1. The Kier molecular flexibility index (Phi) is 8.31. The highest BCUT2D eigenvalue weighted by atomic mass is 32.1. The quantitative estimate of drug-likeness (QED) is 0.0583. The van der Waals surface area contributed by atoms with E-state index in [1.165, 1.54) is 23.7 Å². The van der Waals surface area contributed by atoms with E-state index in [0.717, 1.165) is 47.7 Å². The van der Waals surface area contributed by atoms with E-state index in [1.807, 2.05) is 54.6 Å². The Morgan fingerprint density at radius 2 is 1.09 bits per heavy atom. The number of hydrogen-bond acceptors (Lipinski definition) is 5. The van der Waals surface area contributed by atoms with Crippen LogP contribution in [0.25, 0.3) is 37.4 Å². The molecule has 0 spiro atoms. The number of para-hydroxylation sites is 2. The summed E-state index contributed by atoms with van der Waals surface area (Å²) in [5.41, 5.74) is 3.32. The summed E-state index contributed by atoms with van der Waals surface area (Å²) in [6, 6.07) is 39.8. The fourth-order valence-corrected chi connectivity index (χ4v) is 7.34. The van der Waals surface area contributed by atoms with Crippen molar-refractivity contribution in [2.45, 2.75) is 0 Å². The van der Waals surface area contributed by atoms with Crippen LogP contribution in [-0.4, -0.2) is 16.9 Å². The van der Waals surface area contributed by atoms with Crippen molar-refractivity contribution in [3.05, 3.63) is 169 Å². The Labute approximate surface area is 302 Å². The number of imide groups is 1. The van der Waals surface area contributed by atoms with Crippen molar-refractivity contribution in [2.75, 3.05) is 9.80 Å². The molecule has 260 valence electrons. The van der Waals surface area contributed by atoms with E-state index in [2.05, 4.69) is 59.5 Å². The first-order valence-corrected chi connectivity index (χ1v) is 16.8. The third-order valence-electron chi connectivity index (χ3n) is 8.83. The summed E-state index contributed by atoms with van der Waals surface area (Å²) < 4.78 is 72.4. The van der Waals surface area contributed by atoms with Gasteiger partial charge in [0.05, 0.1) is 0 Å². The molecule has 53 heavy (non-hydrogen) atoms. The normalized spacial score (nSPS) is 13.0. The van der Waals surface area contributed by atoms with Gasteiger partial charge in [-0.05, 0) is 65.0 Å². The number of hydrogen-bond donors (Lipinski definition) is 1. The molecular formula is C41H23F5N3O3S+. The van der Waals surface area contributed by atoms with Gasteiger partial charge in [0, 0.05) is 44.3 Å². The highest BCUT2D eigenvalue weighted by Gasteiger charge is 2.49. The van der Waals surface area contributed by atoms with Gasteiger partial charge in [0.1, 0.15) is 5.69 Å². The first kappa shape index (κ1) is 33.5. The molecule has 6 nitrogen and oxygen atoms in total. The van der Waals surface area contributed by atoms with Gasteiger partial charge in [-0.25, -0.2) is 26.9 Å². The van der Waals surface area contributed by atoms with Gasteiger partial charge in [0.25, 0.3) is 5.76 Å². The largest absolute Gasteiger partial charge is 0.498 e. The Hall–Kier alpha value is -6.66. The summed E-state index contributed by atoms with van der Waals surface area (Å²) in [7, 11) is 0. The predicted molar refractivity (Wildman–Crippen MR) is 192 cm³/mol. The minimum Gasteiger partial charge on any atom is -0.498 e. The van der Waals surface area contributed by atoms with Crippen LogP contribution in [-0.2, 0) is 9.59 Å². The molecule has 0 fully saturated rings. The maximum absolute atomic E-state index is 14.5. The van der Waals surface area contributed by atoms with Crippen molar-refractivity contribution in [2.24, 2.45) is 0 Å². The standard InChI is InChI=1S/C41H22F5N3O3S/c42-32-33(43)35(45)37(36(46)34(32)44)49-40(51)38(39(50)41(49)52)47-19-17-24(18-20-47)30-22-26-12-11-25(21-31(26)53-30)23-13-15-29(16-14-23)48(27-7-3-1-4-8-27)28-9-5-2-6-10-28/h1-22H/p+1. The Balaban J connectivity index is 1.05. The van der Waals surface area contributed by atoms with Crippen molar-refractivity contribution >= 4 is 61.7 Å². The van der Waals surface area contributed by atoms with Gasteiger partial charge in [0.15, 0.2) is 35.7 Å². The lowest BCUT2D eigenvalue weighted by Crippen LogP contribution is -2.40. The number of aliphatic hydroxyl groups is 1. The second kappa shape index (κ2) is 13.1. The average molecular weight is 733 g/mol. The second-order valence-electron chi connectivity index (χ2n) is 12.0. The summed E-state index contributed by atoms with van der Waals surface area (Å²) in [4.78, 5) is 28.6. The first-order valence-electron chi connectivity index (χ1n) is 16.0. The summed E-state index contributed by atoms with van der Waals surface area (Å²) in [5.74, 6) is -16.3. The monoisotopic (exact) mass is 732 g/mol. The highest BCUT2D eigenvalue weighted by molar-refractivity contribution is 7.22. The number of thiophene rings is 1. The molecule has 5 aromatic carbocycles. The minimum absolute atomic E-state index is 0.276. The minimum atomic E-state index is -2.45. The zero-order chi connectivity index (χ0) is 37.0. The van der Waals surface area contributed by atoms with Crippen molar-refractivity contribution in [1.82, 2.24) is 0 Å². The topological polar surface area (TPSA) is 64.7 Å². The molecule has 0 saturated heterocycles. The fraction of sp³-hybridized carbons (Fsp3) is 0. The van der Waals surface area contributed by atoms with E-state index in [-0.39, 0.29) is 4.90 Å². The lowest BCUT2D eigenvalue weighted by molar-refractivity contribution is -0.578. The van der Waals surface area contributed by atoms with Gasteiger partial charge in [-0.2, -0.15) is 4.57 Å². The van der Waals surface area contributed by atoms with Crippen LogP contribution in [0.5, 0.6) is 0 Å². The molecule has 2 aromatic heterocycles. The molecule has 3 heterocycles. The molecule has 1 aliphatic rings. The number of nitrogens with zero attached hydrogens (tertiary/aromatic N) is 3. The fourth-order valence-electron chi connectivity index (χ4n) is 6.23. The molecule has 1 aliphatic heterocycles. The molecule has 1 N–H and O–H groups in total. The molecule has 0 saturated carbocycles. The number of amides is 2. The van der Waals surface area contributed by atoms with E-state index < -0.39 is 58.0 Å². The molecule has 0 bridgehead atoms. The van der Waals surface area contributed by atoms with Crippen molar-refractivity contribution in [3.8, 4) is 21.6 Å². The van der Waals surface area contributed by atoms with Gasteiger partial charge < -0.3 is 10.0 Å². The van der Waals surface area contributed by atoms with Gasteiger partial charge in [0.2, 0.25) is 5.82 Å². The van der Waals surface area contributed by atoms with Gasteiger partial charge in [-0.3, -0.25) is 9.59 Å². The van der Waals surface area contributed by atoms with Crippen molar-refractivity contribution in [3.63, 3.8) is 0 Å². The van der Waals surface area contributed by atoms with Crippen LogP contribution >= 0.6 is 11.3 Å². The van der Waals surface area contributed by atoms with Crippen molar-refractivity contribution in [1.29, 1.82) is 0 Å². The average Bonchev–Trinajstić information content (AvgIpc) is 3.71. The highest BCUT2D eigenvalue weighted by Crippen LogP contribution is 2.39. The van der Waals surface area contributed by atoms with Crippen LogP contribution < -0.4 is 14.4 Å². The van der Waals surface area contributed by atoms with Gasteiger partial charge in [-0.1, -0.05) is 60.7 Å². The van der Waals surface area contributed by atoms with E-state index in [4.69, 9.17) is 0 Å². The summed E-state index contributed by atoms with van der Waals surface area (Å²) in [6.45, 7) is 0. The maximum atomic E-state index is 14.5. The van der Waals surface area contributed by atoms with Crippen LogP contribution in [0.1, 0.15) is 0 Å². The third-order valence-corrected chi connectivity index (χ3v) is 9.97. The Morgan fingerprint density at radius 1 is 0.566 bits per heavy atom. The Bertz CT molecular complexity index is 2540. The van der Waals surface area contributed by atoms with E-state index in [1.54, 1.807) is 12.1 Å². The lowest BCUT2D eigenvalue weighted by atomic mass is 10.0. The van der Waals surface area contributed by atoms with Gasteiger partial charge >= 0.3 is 17.5 Å². The van der Waals surface area contributed by atoms with Crippen LogP contribution in [0.3, 0.4) is 0 Å². The molecule has 0 unspecified atom stereocenters.